The molecule has 148 valence electrons. The molecule has 3 rings (SSSR count). The fraction of sp³-hybridized carbons (Fsp3) is 0.364. The quantitative estimate of drug-likeness (QED) is 0.819. The third-order valence-electron chi connectivity index (χ3n) is 5.33. The molecule has 2 atom stereocenters. The predicted molar refractivity (Wildman–Crippen MR) is 103 cm³/mol. The first kappa shape index (κ1) is 20.0. The molecule has 0 aromatic heterocycles. The number of halogens is 2. The lowest BCUT2D eigenvalue weighted by Crippen LogP contribution is -2.44. The van der Waals surface area contributed by atoms with Crippen LogP contribution in [0.1, 0.15) is 48.0 Å². The maximum atomic E-state index is 13.7. The number of carbonyl (C=O) groups excluding carboxylic acids is 2. The van der Waals surface area contributed by atoms with E-state index >= 15 is 0 Å². The maximum Gasteiger partial charge on any atom is 0.254 e. The van der Waals surface area contributed by atoms with Crippen LogP contribution in [0.25, 0.3) is 0 Å². The number of likely N-dealkylation sites (tertiary alicyclic amines) is 1. The lowest BCUT2D eigenvalue weighted by molar-refractivity contribution is -0.131. The summed E-state index contributed by atoms with van der Waals surface area (Å²) in [6.45, 7) is 2.54. The first-order valence-corrected chi connectivity index (χ1v) is 9.59. The van der Waals surface area contributed by atoms with Crippen molar-refractivity contribution in [3.63, 3.8) is 0 Å². The number of carbonyl (C=O) groups is 2. The van der Waals surface area contributed by atoms with E-state index in [0.29, 0.717) is 12.6 Å². The highest BCUT2D eigenvalue weighted by atomic mass is 19.1. The summed E-state index contributed by atoms with van der Waals surface area (Å²) in [5.41, 5.74) is 0.926. The summed E-state index contributed by atoms with van der Waals surface area (Å²) in [4.78, 5) is 26.7. The van der Waals surface area contributed by atoms with E-state index in [1.807, 2.05) is 23.1 Å². The first-order chi connectivity index (χ1) is 13.5. The summed E-state index contributed by atoms with van der Waals surface area (Å²) >= 11 is 0. The van der Waals surface area contributed by atoms with Gasteiger partial charge in [0, 0.05) is 24.6 Å². The van der Waals surface area contributed by atoms with Crippen molar-refractivity contribution in [2.45, 2.75) is 38.1 Å². The SMILES string of the molecule is CC[C@H](c1ccccc1)[C@@H]1CCCN1C(=O)CNC(=O)c1ccc(F)cc1F. The summed E-state index contributed by atoms with van der Waals surface area (Å²) < 4.78 is 26.7. The topological polar surface area (TPSA) is 49.4 Å². The number of benzene rings is 2. The van der Waals surface area contributed by atoms with Crippen molar-refractivity contribution in [3.8, 4) is 0 Å². The zero-order valence-electron chi connectivity index (χ0n) is 15.8. The van der Waals surface area contributed by atoms with Gasteiger partial charge in [0.05, 0.1) is 12.1 Å². The Morgan fingerprint density at radius 2 is 1.93 bits per heavy atom. The first-order valence-electron chi connectivity index (χ1n) is 9.59. The smallest absolute Gasteiger partial charge is 0.254 e. The van der Waals surface area contributed by atoms with Crippen LogP contribution in [0.15, 0.2) is 48.5 Å². The minimum Gasteiger partial charge on any atom is -0.343 e. The molecule has 0 bridgehead atoms. The molecule has 1 aliphatic heterocycles. The van der Waals surface area contributed by atoms with Gasteiger partial charge in [-0.3, -0.25) is 9.59 Å². The Kier molecular flexibility index (Phi) is 6.39. The van der Waals surface area contributed by atoms with Crippen LogP contribution in [0, 0.1) is 11.6 Å². The molecule has 1 fully saturated rings. The number of nitrogens with one attached hydrogen (secondary N) is 1. The van der Waals surface area contributed by atoms with Gasteiger partial charge in [0.25, 0.3) is 5.91 Å². The molecule has 0 unspecified atom stereocenters. The van der Waals surface area contributed by atoms with E-state index < -0.39 is 17.5 Å². The maximum absolute atomic E-state index is 13.7. The second kappa shape index (κ2) is 8.95. The van der Waals surface area contributed by atoms with Crippen molar-refractivity contribution in [2.75, 3.05) is 13.1 Å². The van der Waals surface area contributed by atoms with Crippen LogP contribution in [0.3, 0.4) is 0 Å². The Balaban J connectivity index is 1.65. The second-order valence-electron chi connectivity index (χ2n) is 7.03. The number of amides is 2. The Morgan fingerprint density at radius 1 is 1.18 bits per heavy atom. The zero-order chi connectivity index (χ0) is 20.1. The Bertz CT molecular complexity index is 842. The molecule has 28 heavy (non-hydrogen) atoms. The van der Waals surface area contributed by atoms with E-state index in [9.17, 15) is 18.4 Å². The molecule has 4 nitrogen and oxygen atoms in total. The summed E-state index contributed by atoms with van der Waals surface area (Å²) in [7, 11) is 0. The van der Waals surface area contributed by atoms with Crippen molar-refractivity contribution >= 4 is 11.8 Å². The molecule has 0 radical (unpaired) electrons. The highest BCUT2D eigenvalue weighted by molar-refractivity contribution is 5.96. The third-order valence-corrected chi connectivity index (χ3v) is 5.33. The standard InChI is InChI=1S/C22H24F2N2O2/c1-2-17(15-7-4-3-5-8-15)20-9-6-12-26(20)21(27)14-25-22(28)18-11-10-16(23)13-19(18)24/h3-5,7-8,10-11,13,17,20H,2,6,9,12,14H2,1H3,(H,25,28)/t17-,20+/m1/s1. The molecule has 1 aliphatic rings. The fourth-order valence-electron chi connectivity index (χ4n) is 3.98. The second-order valence-corrected chi connectivity index (χ2v) is 7.03. The molecule has 0 spiro atoms. The predicted octanol–water partition coefficient (Wildman–Crippen LogP) is 3.88. The summed E-state index contributed by atoms with van der Waals surface area (Å²) in [5, 5.41) is 2.46. The third kappa shape index (κ3) is 4.38. The van der Waals surface area contributed by atoms with Crippen molar-refractivity contribution < 1.29 is 18.4 Å². The monoisotopic (exact) mass is 386 g/mol. The Labute approximate surface area is 163 Å². The molecule has 1 heterocycles. The lowest BCUT2D eigenvalue weighted by Gasteiger charge is -2.31. The van der Waals surface area contributed by atoms with E-state index in [-0.39, 0.29) is 30.0 Å². The van der Waals surface area contributed by atoms with Crippen LogP contribution in [0.2, 0.25) is 0 Å². The van der Waals surface area contributed by atoms with Crippen molar-refractivity contribution in [3.05, 3.63) is 71.3 Å². The number of nitrogens with zero attached hydrogens (tertiary/aromatic N) is 1. The Hall–Kier alpha value is -2.76. The number of hydrogen-bond acceptors (Lipinski definition) is 2. The minimum absolute atomic E-state index is 0.0827. The normalized spacial score (nSPS) is 17.4. The van der Waals surface area contributed by atoms with Crippen molar-refractivity contribution in [2.24, 2.45) is 0 Å². The minimum atomic E-state index is -0.945. The lowest BCUT2D eigenvalue weighted by atomic mass is 9.87. The van der Waals surface area contributed by atoms with Crippen LogP contribution in [0.5, 0.6) is 0 Å². The molecule has 6 heteroatoms. The van der Waals surface area contributed by atoms with E-state index in [1.165, 1.54) is 5.56 Å². The van der Waals surface area contributed by atoms with Gasteiger partial charge in [-0.25, -0.2) is 8.78 Å². The molecule has 1 N–H and O–H groups in total. The van der Waals surface area contributed by atoms with Gasteiger partial charge in [-0.1, -0.05) is 37.3 Å². The number of hydrogen-bond donors (Lipinski definition) is 1. The molecule has 2 aromatic rings. The van der Waals surface area contributed by atoms with Crippen molar-refractivity contribution in [1.29, 1.82) is 0 Å². The van der Waals surface area contributed by atoms with Crippen LogP contribution < -0.4 is 5.32 Å². The van der Waals surface area contributed by atoms with Gasteiger partial charge in [0.15, 0.2) is 0 Å². The number of rotatable bonds is 6. The van der Waals surface area contributed by atoms with Gasteiger partial charge in [-0.2, -0.15) is 0 Å². The van der Waals surface area contributed by atoms with Crippen LogP contribution >= 0.6 is 0 Å². The van der Waals surface area contributed by atoms with Crippen molar-refractivity contribution in [1.82, 2.24) is 10.2 Å². The van der Waals surface area contributed by atoms with Crippen LogP contribution in [-0.4, -0.2) is 35.8 Å². The van der Waals surface area contributed by atoms with Crippen LogP contribution in [-0.2, 0) is 4.79 Å². The molecular formula is C22H24F2N2O2. The largest absolute Gasteiger partial charge is 0.343 e. The molecule has 2 amide bonds. The molecule has 0 saturated carbocycles. The molecular weight excluding hydrogens is 362 g/mol. The summed E-state index contributed by atoms with van der Waals surface area (Å²) in [6, 6.07) is 12.9. The van der Waals surface area contributed by atoms with E-state index in [0.717, 1.165) is 31.4 Å². The fourth-order valence-corrected chi connectivity index (χ4v) is 3.98. The highest BCUT2D eigenvalue weighted by Gasteiger charge is 2.34. The Morgan fingerprint density at radius 3 is 2.61 bits per heavy atom. The average molecular weight is 386 g/mol. The average Bonchev–Trinajstić information content (AvgIpc) is 3.17. The van der Waals surface area contributed by atoms with E-state index in [4.69, 9.17) is 0 Å². The summed E-state index contributed by atoms with van der Waals surface area (Å²) in [5.74, 6) is -2.38. The molecule has 2 aromatic carbocycles. The zero-order valence-corrected chi connectivity index (χ0v) is 15.8. The van der Waals surface area contributed by atoms with Gasteiger partial charge >= 0.3 is 0 Å². The highest BCUT2D eigenvalue weighted by Crippen LogP contribution is 2.33. The van der Waals surface area contributed by atoms with Gasteiger partial charge < -0.3 is 10.2 Å². The van der Waals surface area contributed by atoms with E-state index in [1.54, 1.807) is 0 Å². The van der Waals surface area contributed by atoms with Gasteiger partial charge in [0.1, 0.15) is 11.6 Å². The van der Waals surface area contributed by atoms with Crippen LogP contribution in [0.4, 0.5) is 8.78 Å². The molecule has 1 saturated heterocycles. The van der Waals surface area contributed by atoms with Gasteiger partial charge in [-0.15, -0.1) is 0 Å². The van der Waals surface area contributed by atoms with Gasteiger partial charge in [0.2, 0.25) is 5.91 Å². The molecule has 0 aliphatic carbocycles. The van der Waals surface area contributed by atoms with E-state index in [2.05, 4.69) is 24.4 Å². The van der Waals surface area contributed by atoms with Gasteiger partial charge in [-0.05, 0) is 37.0 Å². The summed E-state index contributed by atoms with van der Waals surface area (Å²) in [6.07, 6.45) is 2.74.